The van der Waals surface area contributed by atoms with E-state index >= 15 is 0 Å². The molecule has 0 aromatic carbocycles. The summed E-state index contributed by atoms with van der Waals surface area (Å²) in [6.45, 7) is 4.05. The van der Waals surface area contributed by atoms with E-state index < -0.39 is 12.8 Å². The first-order valence-electron chi connectivity index (χ1n) is 11.3. The van der Waals surface area contributed by atoms with Crippen molar-refractivity contribution in [3.05, 3.63) is 29.2 Å². The number of hydrazine groups is 1. The molecule has 8 nitrogen and oxygen atoms in total. The summed E-state index contributed by atoms with van der Waals surface area (Å²) in [7, 11) is 3.23. The normalized spacial score (nSPS) is 19.2. The Bertz CT molecular complexity index is 787. The lowest BCUT2D eigenvalue weighted by molar-refractivity contribution is 0.112. The maximum atomic E-state index is 12.2. The van der Waals surface area contributed by atoms with Crippen molar-refractivity contribution in [2.75, 3.05) is 33.9 Å². The Morgan fingerprint density at radius 2 is 2.03 bits per heavy atom. The van der Waals surface area contributed by atoms with Crippen LogP contribution in [0.3, 0.4) is 0 Å². The fourth-order valence-corrected chi connectivity index (χ4v) is 3.78. The molecule has 0 bridgehead atoms. The Morgan fingerprint density at radius 1 is 1.28 bits per heavy atom. The monoisotopic (exact) mass is 451 g/mol. The van der Waals surface area contributed by atoms with Crippen LogP contribution in [0.5, 0.6) is 5.75 Å². The number of amides is 1. The number of aromatic nitrogens is 1. The van der Waals surface area contributed by atoms with Crippen molar-refractivity contribution in [2.24, 2.45) is 17.5 Å². The van der Waals surface area contributed by atoms with Crippen molar-refractivity contribution in [3.8, 4) is 5.75 Å². The van der Waals surface area contributed by atoms with Crippen LogP contribution in [0.4, 0.5) is 9.18 Å². The maximum Gasteiger partial charge on any atom is 0.409 e. The van der Waals surface area contributed by atoms with E-state index in [9.17, 15) is 9.18 Å². The Kier molecular flexibility index (Phi) is 10.0. The predicted octanol–water partition coefficient (Wildman–Crippen LogP) is 3.60. The second-order valence-corrected chi connectivity index (χ2v) is 8.64. The van der Waals surface area contributed by atoms with Crippen molar-refractivity contribution in [1.82, 2.24) is 14.9 Å². The second-order valence-electron chi connectivity index (χ2n) is 8.64. The number of likely N-dealkylation sites (N-methyl/N-ethyl adjacent to an activating group) is 1. The second kappa shape index (κ2) is 12.5. The number of pyridine rings is 1. The van der Waals surface area contributed by atoms with Crippen molar-refractivity contribution >= 4 is 11.8 Å². The molecule has 32 heavy (non-hydrogen) atoms. The molecule has 9 heteroatoms. The molecule has 2 unspecified atom stereocenters. The Morgan fingerprint density at radius 3 is 2.66 bits per heavy atom. The molecule has 0 saturated heterocycles. The van der Waals surface area contributed by atoms with Gasteiger partial charge < -0.3 is 25.1 Å². The van der Waals surface area contributed by atoms with Gasteiger partial charge in [-0.2, -0.15) is 0 Å². The number of nitrogens with two attached hydrogens (primary N) is 2. The minimum atomic E-state index is -0.523. The highest BCUT2D eigenvalue weighted by Gasteiger charge is 2.21. The Labute approximate surface area is 190 Å². The Hall–Kier alpha value is -2.55. The first-order valence-corrected chi connectivity index (χ1v) is 11.3. The zero-order valence-corrected chi connectivity index (χ0v) is 19.8. The number of nitrogens with zero attached hydrogens (tertiary/aromatic N) is 3. The molecule has 1 amide bonds. The van der Waals surface area contributed by atoms with Crippen LogP contribution >= 0.6 is 0 Å². The number of carbonyl (C=O) groups is 1. The summed E-state index contributed by atoms with van der Waals surface area (Å²) in [5.41, 5.74) is 8.36. The van der Waals surface area contributed by atoms with Gasteiger partial charge in [-0.05, 0) is 57.1 Å². The van der Waals surface area contributed by atoms with Gasteiger partial charge in [0, 0.05) is 20.6 Å². The summed E-state index contributed by atoms with van der Waals surface area (Å²) in [6.07, 6.45) is 5.22. The van der Waals surface area contributed by atoms with Crippen molar-refractivity contribution in [3.63, 3.8) is 0 Å². The number of alkyl halides is 1. The summed E-state index contributed by atoms with van der Waals surface area (Å²) >= 11 is 0. The predicted molar refractivity (Wildman–Crippen MR) is 123 cm³/mol. The Balaban J connectivity index is 2.06. The number of rotatable bonds is 10. The number of hydrogen-bond acceptors (Lipinski definition) is 7. The summed E-state index contributed by atoms with van der Waals surface area (Å²) in [4.78, 5) is 18.2. The van der Waals surface area contributed by atoms with Crippen molar-refractivity contribution in [2.45, 2.75) is 58.5 Å². The van der Waals surface area contributed by atoms with Gasteiger partial charge in [0.15, 0.2) is 0 Å². The summed E-state index contributed by atoms with van der Waals surface area (Å²) < 4.78 is 23.8. The topological polar surface area (TPSA) is 107 Å². The minimum absolute atomic E-state index is 0.107. The van der Waals surface area contributed by atoms with E-state index in [0.29, 0.717) is 42.4 Å². The molecule has 1 aromatic rings. The van der Waals surface area contributed by atoms with E-state index in [-0.39, 0.29) is 12.7 Å². The fourth-order valence-electron chi connectivity index (χ4n) is 3.78. The number of hydrogen-bond donors (Lipinski definition) is 2. The molecule has 2 rings (SSSR count). The highest BCUT2D eigenvalue weighted by molar-refractivity contribution is 5.68. The number of ether oxygens (including phenoxy) is 2. The standard InChI is InChI=1S/C23H38FN5O3/c1-16-8-7-9-18(14-16)32-21-11-10-19(27-17(21)2)22(25)20(29(4)26)15-31-23(30)28(3)13-6-5-12-24/h10-11,16,18H,5-9,12-15,25-26H2,1-4H3/b22-20-. The molecule has 0 spiro atoms. The van der Waals surface area contributed by atoms with Crippen LogP contribution in [0, 0.1) is 12.8 Å². The van der Waals surface area contributed by atoms with Gasteiger partial charge in [-0.3, -0.25) is 4.39 Å². The van der Waals surface area contributed by atoms with E-state index in [0.717, 1.165) is 24.3 Å². The smallest absolute Gasteiger partial charge is 0.409 e. The quantitative estimate of drug-likeness (QED) is 0.318. The molecule has 0 aliphatic heterocycles. The molecule has 1 saturated carbocycles. The lowest BCUT2D eigenvalue weighted by Crippen LogP contribution is -2.34. The van der Waals surface area contributed by atoms with Crippen LogP contribution in [-0.4, -0.2) is 61.0 Å². The molecule has 1 aromatic heterocycles. The van der Waals surface area contributed by atoms with E-state index in [2.05, 4.69) is 11.9 Å². The first kappa shape index (κ1) is 25.7. The molecule has 2 atom stereocenters. The van der Waals surface area contributed by atoms with Crippen LogP contribution in [0.2, 0.25) is 0 Å². The van der Waals surface area contributed by atoms with Crippen LogP contribution in [-0.2, 0) is 4.74 Å². The van der Waals surface area contributed by atoms with Crippen molar-refractivity contribution in [1.29, 1.82) is 0 Å². The maximum absolute atomic E-state index is 12.2. The van der Waals surface area contributed by atoms with E-state index in [1.165, 1.54) is 22.8 Å². The molecular formula is C23H38FN5O3. The van der Waals surface area contributed by atoms with Crippen LogP contribution in [0.1, 0.15) is 56.8 Å². The zero-order chi connectivity index (χ0) is 23.7. The molecule has 1 fully saturated rings. The minimum Gasteiger partial charge on any atom is -0.489 e. The molecular weight excluding hydrogens is 413 g/mol. The molecule has 180 valence electrons. The third kappa shape index (κ3) is 7.55. The average Bonchev–Trinajstić information content (AvgIpc) is 2.74. The lowest BCUT2D eigenvalue weighted by atomic mass is 9.89. The van der Waals surface area contributed by atoms with Gasteiger partial charge in [0.1, 0.15) is 12.4 Å². The molecule has 1 heterocycles. The summed E-state index contributed by atoms with van der Waals surface area (Å²) in [5, 5.41) is 1.32. The molecule has 1 aliphatic rings. The molecule has 0 radical (unpaired) electrons. The molecule has 4 N–H and O–H groups in total. The van der Waals surface area contributed by atoms with Crippen molar-refractivity contribution < 1.29 is 18.7 Å². The van der Waals surface area contributed by atoms with Gasteiger partial charge in [0.2, 0.25) is 0 Å². The highest BCUT2D eigenvalue weighted by Crippen LogP contribution is 2.29. The average molecular weight is 452 g/mol. The van der Waals surface area contributed by atoms with E-state index in [1.54, 1.807) is 20.2 Å². The van der Waals surface area contributed by atoms with Gasteiger partial charge in [-0.1, -0.05) is 13.3 Å². The zero-order valence-electron chi connectivity index (χ0n) is 19.8. The largest absolute Gasteiger partial charge is 0.489 e. The van der Waals surface area contributed by atoms with Gasteiger partial charge in [0.05, 0.1) is 35.6 Å². The van der Waals surface area contributed by atoms with Crippen LogP contribution in [0.25, 0.3) is 5.70 Å². The number of halogens is 1. The highest BCUT2D eigenvalue weighted by atomic mass is 19.1. The third-order valence-electron chi connectivity index (χ3n) is 5.75. The SMILES string of the molecule is Cc1nc(/C(N)=C(\COC(=O)N(C)CCCCF)N(C)N)ccc1OC1CCCC(C)C1. The number of aryl methyl sites for hydroxylation is 1. The molecule has 1 aliphatic carbocycles. The number of unbranched alkanes of at least 4 members (excludes halogenated alkanes) is 1. The number of carbonyl (C=O) groups excluding carboxylic acids is 1. The van der Waals surface area contributed by atoms with Crippen LogP contribution in [0.15, 0.2) is 17.8 Å². The van der Waals surface area contributed by atoms with E-state index in [1.807, 2.05) is 13.0 Å². The van der Waals surface area contributed by atoms with E-state index in [4.69, 9.17) is 21.1 Å². The third-order valence-corrected chi connectivity index (χ3v) is 5.75. The lowest BCUT2D eigenvalue weighted by Gasteiger charge is -2.28. The van der Waals surface area contributed by atoms with Gasteiger partial charge in [-0.25, -0.2) is 15.6 Å². The fraction of sp³-hybridized carbons (Fsp3) is 0.652. The first-order chi connectivity index (χ1) is 15.2. The summed E-state index contributed by atoms with van der Waals surface area (Å²) in [6, 6.07) is 3.67. The van der Waals surface area contributed by atoms with Gasteiger partial charge in [-0.15, -0.1) is 0 Å². The summed E-state index contributed by atoms with van der Waals surface area (Å²) in [5.74, 6) is 7.36. The van der Waals surface area contributed by atoms with Crippen LogP contribution < -0.4 is 16.3 Å². The van der Waals surface area contributed by atoms with Gasteiger partial charge >= 0.3 is 6.09 Å². The van der Waals surface area contributed by atoms with Gasteiger partial charge in [0.25, 0.3) is 0 Å².